The van der Waals surface area contributed by atoms with Gasteiger partial charge in [0.15, 0.2) is 6.61 Å². The minimum absolute atomic E-state index is 0.0478. The Morgan fingerprint density at radius 2 is 1.80 bits per heavy atom. The molecule has 0 radical (unpaired) electrons. The monoisotopic (exact) mass is 402 g/mol. The van der Waals surface area contributed by atoms with E-state index in [4.69, 9.17) is 27.9 Å². The van der Waals surface area contributed by atoms with Crippen molar-refractivity contribution in [2.45, 2.75) is 18.2 Å². The number of ether oxygens (including phenoxy) is 1. The number of hydrogen-bond acceptors (Lipinski definition) is 4. The molecule has 1 amide bonds. The van der Waals surface area contributed by atoms with E-state index in [1.165, 1.54) is 24.3 Å². The van der Waals surface area contributed by atoms with E-state index in [1.807, 2.05) is 11.8 Å². The third-order valence-corrected chi connectivity index (χ3v) is 5.01. The van der Waals surface area contributed by atoms with Crippen LogP contribution in [0.5, 0.6) is 5.75 Å². The first-order chi connectivity index (χ1) is 11.8. The summed E-state index contributed by atoms with van der Waals surface area (Å²) in [4.78, 5) is 13.8. The van der Waals surface area contributed by atoms with Crippen molar-refractivity contribution in [3.05, 3.63) is 58.1 Å². The van der Waals surface area contributed by atoms with Crippen molar-refractivity contribution in [2.24, 2.45) is 0 Å². The Morgan fingerprint density at radius 1 is 1.12 bits per heavy atom. The predicted octanol–water partition coefficient (Wildman–Crippen LogP) is 2.94. The molecular formula is C16H16Cl2N2O4S. The SMILES string of the molecule is CCc1ccc(S(=O)(=O)NNC(=O)COc2ccc(Cl)cc2Cl)cc1. The summed E-state index contributed by atoms with van der Waals surface area (Å²) >= 11 is 11.7. The molecule has 0 unspecified atom stereocenters. The van der Waals surface area contributed by atoms with Gasteiger partial charge in [0, 0.05) is 5.02 Å². The molecule has 0 aliphatic heterocycles. The molecule has 0 aromatic heterocycles. The highest BCUT2D eigenvalue weighted by Gasteiger charge is 2.15. The number of aryl methyl sites for hydroxylation is 1. The first kappa shape index (κ1) is 19.5. The fraction of sp³-hybridized carbons (Fsp3) is 0.188. The van der Waals surface area contributed by atoms with Crippen LogP contribution in [-0.4, -0.2) is 20.9 Å². The third kappa shape index (κ3) is 5.61. The van der Waals surface area contributed by atoms with Crippen molar-refractivity contribution in [1.29, 1.82) is 0 Å². The lowest BCUT2D eigenvalue weighted by Gasteiger charge is -2.10. The van der Waals surface area contributed by atoms with E-state index in [1.54, 1.807) is 18.2 Å². The Balaban J connectivity index is 1.89. The first-order valence-electron chi connectivity index (χ1n) is 7.29. The number of carbonyl (C=O) groups excluding carboxylic acids is 1. The Bertz CT molecular complexity index is 855. The number of sulfonamides is 1. The van der Waals surface area contributed by atoms with E-state index in [9.17, 15) is 13.2 Å². The molecule has 134 valence electrons. The largest absolute Gasteiger partial charge is 0.482 e. The number of halogens is 2. The zero-order chi connectivity index (χ0) is 18.4. The molecule has 2 N–H and O–H groups in total. The van der Waals surface area contributed by atoms with E-state index < -0.39 is 22.5 Å². The Labute approximate surface area is 156 Å². The van der Waals surface area contributed by atoms with Crippen LogP contribution in [0.3, 0.4) is 0 Å². The molecule has 6 nitrogen and oxygen atoms in total. The van der Waals surface area contributed by atoms with Gasteiger partial charge in [-0.3, -0.25) is 10.2 Å². The zero-order valence-electron chi connectivity index (χ0n) is 13.3. The van der Waals surface area contributed by atoms with Crippen LogP contribution < -0.4 is 15.0 Å². The minimum Gasteiger partial charge on any atom is -0.482 e. The fourth-order valence-corrected chi connectivity index (χ4v) is 3.18. The summed E-state index contributed by atoms with van der Waals surface area (Å²) in [5.74, 6) is -0.418. The van der Waals surface area contributed by atoms with Gasteiger partial charge in [0.25, 0.3) is 15.9 Å². The van der Waals surface area contributed by atoms with E-state index in [-0.39, 0.29) is 15.7 Å². The maximum absolute atomic E-state index is 12.1. The molecule has 0 aliphatic rings. The number of amides is 1. The fourth-order valence-electron chi connectivity index (χ4n) is 1.86. The number of hydrazine groups is 1. The minimum atomic E-state index is -3.86. The summed E-state index contributed by atoms with van der Waals surface area (Å²) in [6.45, 7) is 1.55. The molecule has 0 bridgehead atoms. The Hall–Kier alpha value is -1.80. The average Bonchev–Trinajstić information content (AvgIpc) is 2.59. The van der Waals surface area contributed by atoms with Crippen LogP contribution in [0.4, 0.5) is 0 Å². The van der Waals surface area contributed by atoms with Gasteiger partial charge in [-0.15, -0.1) is 4.83 Å². The van der Waals surface area contributed by atoms with Gasteiger partial charge in [-0.05, 0) is 42.3 Å². The molecule has 9 heteroatoms. The van der Waals surface area contributed by atoms with Crippen LogP contribution in [0, 0.1) is 0 Å². The average molecular weight is 403 g/mol. The molecule has 2 aromatic rings. The van der Waals surface area contributed by atoms with E-state index >= 15 is 0 Å². The maximum Gasteiger partial charge on any atom is 0.272 e. The second kappa shape index (κ2) is 8.53. The van der Waals surface area contributed by atoms with Crippen molar-refractivity contribution in [3.8, 4) is 5.75 Å². The Morgan fingerprint density at radius 3 is 2.40 bits per heavy atom. The third-order valence-electron chi connectivity index (χ3n) is 3.22. The zero-order valence-corrected chi connectivity index (χ0v) is 15.6. The molecular weight excluding hydrogens is 387 g/mol. The number of hydrogen-bond donors (Lipinski definition) is 2. The maximum atomic E-state index is 12.1. The van der Waals surface area contributed by atoms with Crippen molar-refractivity contribution < 1.29 is 17.9 Å². The lowest BCUT2D eigenvalue weighted by Crippen LogP contribution is -2.43. The molecule has 0 heterocycles. The lowest BCUT2D eigenvalue weighted by atomic mass is 10.2. The Kier molecular flexibility index (Phi) is 6.66. The number of nitrogens with one attached hydrogen (secondary N) is 2. The van der Waals surface area contributed by atoms with Gasteiger partial charge in [-0.1, -0.05) is 42.3 Å². The molecule has 25 heavy (non-hydrogen) atoms. The molecule has 2 rings (SSSR count). The highest BCUT2D eigenvalue weighted by molar-refractivity contribution is 7.89. The van der Waals surface area contributed by atoms with E-state index in [2.05, 4.69) is 5.43 Å². The molecule has 0 aliphatic carbocycles. The van der Waals surface area contributed by atoms with Crippen LogP contribution in [0.15, 0.2) is 47.4 Å². The summed E-state index contributed by atoms with van der Waals surface area (Å²) in [5, 5.41) is 0.681. The van der Waals surface area contributed by atoms with Gasteiger partial charge in [0.1, 0.15) is 5.75 Å². The van der Waals surface area contributed by atoms with Crippen LogP contribution in [-0.2, 0) is 21.2 Å². The van der Waals surface area contributed by atoms with Gasteiger partial charge in [-0.2, -0.15) is 0 Å². The first-order valence-corrected chi connectivity index (χ1v) is 9.53. The van der Waals surface area contributed by atoms with E-state index in [0.717, 1.165) is 12.0 Å². The number of carbonyl (C=O) groups is 1. The number of benzene rings is 2. The summed E-state index contributed by atoms with van der Waals surface area (Å²) in [6, 6.07) is 10.9. The van der Waals surface area contributed by atoms with Gasteiger partial charge < -0.3 is 4.74 Å². The molecule has 2 aromatic carbocycles. The van der Waals surface area contributed by atoms with Gasteiger partial charge in [0.05, 0.1) is 9.92 Å². The quantitative estimate of drug-likeness (QED) is 0.697. The van der Waals surface area contributed by atoms with Gasteiger partial charge >= 0.3 is 0 Å². The van der Waals surface area contributed by atoms with Crippen molar-refractivity contribution in [3.63, 3.8) is 0 Å². The molecule has 0 spiro atoms. The predicted molar refractivity (Wildman–Crippen MR) is 96.2 cm³/mol. The van der Waals surface area contributed by atoms with Crippen molar-refractivity contribution in [1.82, 2.24) is 10.3 Å². The molecule has 0 atom stereocenters. The standard InChI is InChI=1S/C16H16Cl2N2O4S/c1-2-11-3-6-13(7-4-11)25(22,23)20-19-16(21)10-24-15-8-5-12(17)9-14(15)18/h3-9,20H,2,10H2,1H3,(H,19,21). The smallest absolute Gasteiger partial charge is 0.272 e. The normalized spacial score (nSPS) is 11.2. The van der Waals surface area contributed by atoms with Crippen LogP contribution in [0.1, 0.15) is 12.5 Å². The van der Waals surface area contributed by atoms with Crippen LogP contribution in [0.25, 0.3) is 0 Å². The summed E-state index contributed by atoms with van der Waals surface area (Å²) in [6.07, 6.45) is 0.801. The van der Waals surface area contributed by atoms with Gasteiger partial charge in [0.2, 0.25) is 0 Å². The number of rotatable bonds is 7. The second-order valence-electron chi connectivity index (χ2n) is 5.01. The molecule has 0 saturated carbocycles. The van der Waals surface area contributed by atoms with Crippen LogP contribution in [0.2, 0.25) is 10.0 Å². The molecule has 0 saturated heterocycles. The van der Waals surface area contributed by atoms with Crippen LogP contribution >= 0.6 is 23.2 Å². The summed E-state index contributed by atoms with van der Waals surface area (Å²) in [5.41, 5.74) is 3.09. The summed E-state index contributed by atoms with van der Waals surface area (Å²) < 4.78 is 29.4. The lowest BCUT2D eigenvalue weighted by molar-refractivity contribution is -0.123. The van der Waals surface area contributed by atoms with Crippen molar-refractivity contribution >= 4 is 39.1 Å². The van der Waals surface area contributed by atoms with Gasteiger partial charge in [-0.25, -0.2) is 8.42 Å². The second-order valence-corrected chi connectivity index (χ2v) is 7.54. The topological polar surface area (TPSA) is 84.5 Å². The molecule has 0 fully saturated rings. The van der Waals surface area contributed by atoms with Crippen molar-refractivity contribution in [2.75, 3.05) is 6.61 Å². The highest BCUT2D eigenvalue weighted by Crippen LogP contribution is 2.27. The van der Waals surface area contributed by atoms with E-state index in [0.29, 0.717) is 5.02 Å². The highest BCUT2D eigenvalue weighted by atomic mass is 35.5. The summed E-state index contributed by atoms with van der Waals surface area (Å²) in [7, 11) is -3.86.